The second-order valence-electron chi connectivity index (χ2n) is 5.95. The van der Waals surface area contributed by atoms with Gasteiger partial charge in [-0.15, -0.1) is 29.7 Å². The molecule has 0 spiro atoms. The Hall–Kier alpha value is 0.523. The largest absolute Gasteiger partial charge is 0.168 e. The van der Waals surface area contributed by atoms with Gasteiger partial charge >= 0.3 is 50.9 Å². The molecule has 0 bridgehead atoms. The van der Waals surface area contributed by atoms with Crippen LogP contribution in [0.4, 0.5) is 0 Å². The minimum Gasteiger partial charge on any atom is -0.168 e. The van der Waals surface area contributed by atoms with E-state index in [2.05, 4.69) is 113 Å². The maximum atomic E-state index is 2.45. The molecule has 0 saturated carbocycles. The fourth-order valence-corrected chi connectivity index (χ4v) is 2.99. The summed E-state index contributed by atoms with van der Waals surface area (Å²) in [5, 5.41) is 2.66. The molecule has 0 aliphatic rings. The van der Waals surface area contributed by atoms with E-state index >= 15 is 0 Å². The molecule has 128 valence electrons. The maximum Gasteiger partial charge on any atom is -0.0809 e. The van der Waals surface area contributed by atoms with Crippen LogP contribution in [0.2, 0.25) is 0 Å². The van der Waals surface area contributed by atoms with E-state index in [1.54, 1.807) is 5.56 Å². The normalized spacial score (nSPS) is 9.62. The predicted molar refractivity (Wildman–Crippen MR) is 123 cm³/mol. The van der Waals surface area contributed by atoms with Crippen molar-refractivity contribution in [3.63, 3.8) is 0 Å². The number of rotatable bonds is 2. The van der Waals surface area contributed by atoms with Gasteiger partial charge in [-0.2, -0.15) is 45.3 Å². The molecule has 3 aromatic rings. The van der Waals surface area contributed by atoms with Crippen molar-refractivity contribution in [2.75, 3.05) is 0 Å². The average Bonchev–Trinajstić information content (AvgIpc) is 3.12. The molecular weight excluding hydrogens is 597 g/mol. The van der Waals surface area contributed by atoms with E-state index < -0.39 is 0 Å². The van der Waals surface area contributed by atoms with Gasteiger partial charge in [0.05, 0.1) is 0 Å². The van der Waals surface area contributed by atoms with Gasteiger partial charge in [0.2, 0.25) is 0 Å². The molecule has 0 saturated heterocycles. The molecule has 0 amide bonds. The molecule has 0 aliphatic heterocycles. The van der Waals surface area contributed by atoms with Crippen molar-refractivity contribution in [3.05, 3.63) is 70.3 Å². The zero-order valence-electron chi connectivity index (χ0n) is 15.2. The van der Waals surface area contributed by atoms with Gasteiger partial charge in [-0.05, 0) is 0 Å². The van der Waals surface area contributed by atoms with E-state index in [0.717, 1.165) is 0 Å². The van der Waals surface area contributed by atoms with Crippen LogP contribution >= 0.6 is 36.1 Å². The first-order chi connectivity index (χ1) is 11.5. The van der Waals surface area contributed by atoms with E-state index in [0.29, 0.717) is 0 Å². The number of hydrogen-bond acceptors (Lipinski definition) is 0. The van der Waals surface area contributed by atoms with Crippen LogP contribution in [0.15, 0.2) is 42.5 Å². The topological polar surface area (TPSA) is 0 Å². The van der Waals surface area contributed by atoms with Gasteiger partial charge in [-0.1, -0.05) is 53.5 Å². The molecule has 0 N–H and O–H groups in total. The zero-order chi connectivity index (χ0) is 18.1. The van der Waals surface area contributed by atoms with Crippen LogP contribution in [0.5, 0.6) is 0 Å². The van der Waals surface area contributed by atoms with Gasteiger partial charge in [0.15, 0.2) is 0 Å². The van der Waals surface area contributed by atoms with Gasteiger partial charge in [-0.3, -0.25) is 0 Å². The zero-order valence-corrected chi connectivity index (χ0v) is 22.0. The molecule has 24 heavy (non-hydrogen) atoms. The summed E-state index contributed by atoms with van der Waals surface area (Å²) < 4.78 is 0. The first-order valence-electron chi connectivity index (χ1n) is 8.26. The minimum absolute atomic E-state index is 0.170. The molecule has 0 nitrogen and oxygen atoms in total. The third-order valence-electron chi connectivity index (χ3n) is 4.64. The Kier molecular flexibility index (Phi) is 11.3. The van der Waals surface area contributed by atoms with E-state index in [9.17, 15) is 0 Å². The Morgan fingerprint density at radius 2 is 1.67 bits per heavy atom. The fraction of sp³-hybridized carbons (Fsp3) is 0.333. The van der Waals surface area contributed by atoms with Crippen molar-refractivity contribution >= 4 is 46.9 Å². The third-order valence-corrected chi connectivity index (χ3v) is 4.64. The SMILES string of the molecule is CCCc1c(C)c(C)c(C)[c-]1C.[I][Zr+2][I].c1ccc2[cH-]ccc2c1. The Balaban J connectivity index is 0.000000211. The average molecular weight is 623 g/mol. The van der Waals surface area contributed by atoms with Gasteiger partial charge in [0.1, 0.15) is 0 Å². The van der Waals surface area contributed by atoms with Crippen LogP contribution in [0.25, 0.3) is 10.8 Å². The second kappa shape index (κ2) is 12.0. The van der Waals surface area contributed by atoms with Crippen LogP contribution in [-0.2, 0) is 21.3 Å². The summed E-state index contributed by atoms with van der Waals surface area (Å²) in [4.78, 5) is 0. The predicted octanol–water partition coefficient (Wildman–Crippen LogP) is 7.92. The Labute approximate surface area is 177 Å². The van der Waals surface area contributed by atoms with Crippen LogP contribution in [0.1, 0.15) is 41.2 Å². The standard InChI is InChI=1S/C12H19.C9H7.2HI.Zr/c1-6-7-12-10(4)8(2)9(3)11(12)5;1-2-5-9-7-3-6-8(9)4-1;;;/h6-7H2,1-5H3;1-7H;2*1H;/q2*-1;;;+4/p-2. The summed E-state index contributed by atoms with van der Waals surface area (Å²) in [5.74, 6) is 0. The number of fused-ring (bicyclic) bond motifs is 1. The van der Waals surface area contributed by atoms with E-state index in [1.165, 1.54) is 45.9 Å². The molecule has 3 rings (SSSR count). The van der Waals surface area contributed by atoms with E-state index in [4.69, 9.17) is 0 Å². The van der Waals surface area contributed by atoms with Crippen molar-refractivity contribution < 1.29 is 14.9 Å². The number of hydrogen-bond donors (Lipinski definition) is 0. The third kappa shape index (κ3) is 6.35. The molecule has 0 unspecified atom stereocenters. The molecule has 0 aromatic heterocycles. The summed E-state index contributed by atoms with van der Waals surface area (Å²) in [6.45, 7) is 11.2. The molecule has 0 radical (unpaired) electrons. The molecule has 0 aliphatic carbocycles. The van der Waals surface area contributed by atoms with Crippen LogP contribution in [-0.4, -0.2) is 0 Å². The van der Waals surface area contributed by atoms with Gasteiger partial charge < -0.3 is 0 Å². The minimum atomic E-state index is 0.170. The summed E-state index contributed by atoms with van der Waals surface area (Å²) >= 11 is 5.06. The van der Waals surface area contributed by atoms with E-state index in [-0.39, 0.29) is 14.9 Å². The number of benzene rings is 1. The quantitative estimate of drug-likeness (QED) is 0.201. The Bertz CT molecular complexity index is 682. The van der Waals surface area contributed by atoms with Crippen LogP contribution in [0, 0.1) is 27.7 Å². The molecule has 0 fully saturated rings. The summed E-state index contributed by atoms with van der Waals surface area (Å²) in [7, 11) is 0. The van der Waals surface area contributed by atoms with Crippen LogP contribution < -0.4 is 0 Å². The van der Waals surface area contributed by atoms with E-state index in [1.807, 2.05) is 0 Å². The van der Waals surface area contributed by atoms with Crippen molar-refractivity contribution in [2.45, 2.75) is 47.5 Å². The first-order valence-corrected chi connectivity index (χ1v) is 22.9. The fourth-order valence-electron chi connectivity index (χ4n) is 2.99. The monoisotopic (exact) mass is 622 g/mol. The summed E-state index contributed by atoms with van der Waals surface area (Å²) in [5.41, 5.74) is 7.62. The molecule has 3 heteroatoms. The van der Waals surface area contributed by atoms with Gasteiger partial charge in [-0.25, -0.2) is 0 Å². The smallest absolute Gasteiger partial charge is 0.0809 e. The second-order valence-corrected chi connectivity index (χ2v) is 24.9. The van der Waals surface area contributed by atoms with Crippen molar-refractivity contribution in [2.24, 2.45) is 0 Å². The molecular formula is C21H26I2Zr. The number of halogens is 2. The Morgan fingerprint density at radius 3 is 2.17 bits per heavy atom. The van der Waals surface area contributed by atoms with Gasteiger partial charge in [0, 0.05) is 0 Å². The maximum absolute atomic E-state index is 2.45. The van der Waals surface area contributed by atoms with Crippen molar-refractivity contribution in [3.8, 4) is 0 Å². The van der Waals surface area contributed by atoms with Crippen molar-refractivity contribution in [1.29, 1.82) is 0 Å². The Morgan fingerprint density at radius 1 is 1.04 bits per heavy atom. The van der Waals surface area contributed by atoms with Crippen molar-refractivity contribution in [1.82, 2.24) is 0 Å². The summed E-state index contributed by atoms with van der Waals surface area (Å²) in [6.07, 6.45) is 2.50. The molecule has 0 atom stereocenters. The molecule has 0 heterocycles. The molecule has 3 aromatic carbocycles. The van der Waals surface area contributed by atoms with Gasteiger partial charge in [0.25, 0.3) is 0 Å². The van der Waals surface area contributed by atoms with Crippen LogP contribution in [0.3, 0.4) is 0 Å². The summed E-state index contributed by atoms with van der Waals surface area (Å²) in [6, 6.07) is 14.7. The first kappa shape index (κ1) is 22.6.